The Labute approximate surface area is 147 Å². The zero-order valence-electron chi connectivity index (χ0n) is 14.7. The van der Waals surface area contributed by atoms with Gasteiger partial charge >= 0.3 is 0 Å². The first-order valence-corrected chi connectivity index (χ1v) is 8.55. The molecule has 0 bridgehead atoms. The summed E-state index contributed by atoms with van der Waals surface area (Å²) in [5.41, 5.74) is 5.38. The molecule has 1 rings (SSSR count). The maximum Gasteiger partial charge on any atom is 0.243 e. The highest BCUT2D eigenvalue weighted by Gasteiger charge is 2.36. The van der Waals surface area contributed by atoms with Crippen molar-refractivity contribution in [3.05, 3.63) is 0 Å². The van der Waals surface area contributed by atoms with E-state index in [0.717, 1.165) is 0 Å². The van der Waals surface area contributed by atoms with Crippen molar-refractivity contribution in [2.75, 3.05) is 19.7 Å². The summed E-state index contributed by atoms with van der Waals surface area (Å²) in [6, 6.07) is -2.52. The first kappa shape index (κ1) is 21.0. The first-order chi connectivity index (χ1) is 11.9. The minimum absolute atomic E-state index is 0.170. The number of hydrogen-bond donors (Lipinski definition) is 4. The molecule has 0 radical (unpaired) electrons. The zero-order chi connectivity index (χ0) is 19.0. The third kappa shape index (κ3) is 5.50. The summed E-state index contributed by atoms with van der Waals surface area (Å²) in [5.74, 6) is -1.44. The fourth-order valence-corrected chi connectivity index (χ4v) is 2.80. The molecule has 0 unspecified atom stereocenters. The van der Waals surface area contributed by atoms with Gasteiger partial charge in [0.05, 0.1) is 13.2 Å². The van der Waals surface area contributed by atoms with Crippen LogP contribution in [0.2, 0.25) is 0 Å². The molecule has 142 valence electrons. The van der Waals surface area contributed by atoms with E-state index in [-0.39, 0.29) is 18.4 Å². The largest absolute Gasteiger partial charge is 0.394 e. The van der Waals surface area contributed by atoms with E-state index in [2.05, 4.69) is 10.6 Å². The molecule has 1 saturated heterocycles. The van der Waals surface area contributed by atoms with Gasteiger partial charge in [-0.3, -0.25) is 14.4 Å². The lowest BCUT2D eigenvalue weighted by Gasteiger charge is -2.28. The van der Waals surface area contributed by atoms with Crippen molar-refractivity contribution >= 4 is 24.0 Å². The van der Waals surface area contributed by atoms with Gasteiger partial charge in [-0.15, -0.1) is 0 Å². The van der Waals surface area contributed by atoms with E-state index < -0.39 is 36.5 Å². The zero-order valence-corrected chi connectivity index (χ0v) is 14.7. The van der Waals surface area contributed by atoms with Gasteiger partial charge in [0.25, 0.3) is 0 Å². The molecule has 0 aromatic carbocycles. The normalized spacial score (nSPS) is 20.5. The molecule has 0 saturated carbocycles. The fourth-order valence-electron chi connectivity index (χ4n) is 2.80. The molecule has 9 heteroatoms. The minimum Gasteiger partial charge on any atom is -0.394 e. The van der Waals surface area contributed by atoms with E-state index in [1.807, 2.05) is 6.92 Å². The van der Waals surface area contributed by atoms with Crippen LogP contribution in [0.25, 0.3) is 0 Å². The fraction of sp³-hybridized carbons (Fsp3) is 0.750. The predicted octanol–water partition coefficient (Wildman–Crippen LogP) is -1.86. The van der Waals surface area contributed by atoms with Crippen LogP contribution in [-0.4, -0.2) is 71.8 Å². The number of carbonyl (C=O) groups is 4. The van der Waals surface area contributed by atoms with E-state index in [4.69, 9.17) is 10.8 Å². The second-order valence-electron chi connectivity index (χ2n) is 6.25. The summed E-state index contributed by atoms with van der Waals surface area (Å²) in [6.45, 7) is 3.46. The van der Waals surface area contributed by atoms with Gasteiger partial charge in [-0.05, 0) is 18.8 Å². The van der Waals surface area contributed by atoms with Crippen molar-refractivity contribution in [3.63, 3.8) is 0 Å². The number of nitrogens with one attached hydrogen (secondary N) is 2. The van der Waals surface area contributed by atoms with Gasteiger partial charge in [-0.2, -0.15) is 0 Å². The van der Waals surface area contributed by atoms with Crippen LogP contribution in [0.4, 0.5) is 0 Å². The molecule has 3 amide bonds. The van der Waals surface area contributed by atoms with E-state index >= 15 is 0 Å². The molecule has 0 spiro atoms. The highest BCUT2D eigenvalue weighted by molar-refractivity contribution is 5.93. The van der Waals surface area contributed by atoms with Gasteiger partial charge < -0.3 is 31.2 Å². The number of nitrogens with two attached hydrogens (primary N) is 1. The number of aldehydes is 1. The quantitative estimate of drug-likeness (QED) is 0.357. The maximum atomic E-state index is 12.6. The molecule has 0 aromatic rings. The van der Waals surface area contributed by atoms with Crippen LogP contribution in [0.15, 0.2) is 0 Å². The molecule has 1 aliphatic heterocycles. The predicted molar refractivity (Wildman–Crippen MR) is 90.3 cm³/mol. The molecule has 9 nitrogen and oxygen atoms in total. The summed E-state index contributed by atoms with van der Waals surface area (Å²) in [6.07, 6.45) is 2.27. The number of carbonyl (C=O) groups excluding carboxylic acids is 4. The molecule has 1 heterocycles. The van der Waals surface area contributed by atoms with Crippen LogP contribution in [0.5, 0.6) is 0 Å². The Bertz CT molecular complexity index is 499. The Hall–Kier alpha value is -2.00. The third-order valence-electron chi connectivity index (χ3n) is 4.53. The van der Waals surface area contributed by atoms with Gasteiger partial charge in [0, 0.05) is 6.54 Å². The second kappa shape index (κ2) is 10.1. The molecule has 0 aliphatic carbocycles. The monoisotopic (exact) mass is 356 g/mol. The summed E-state index contributed by atoms with van der Waals surface area (Å²) < 4.78 is 0. The van der Waals surface area contributed by atoms with E-state index in [9.17, 15) is 19.2 Å². The number of rotatable bonds is 9. The number of hydrogen-bond acceptors (Lipinski definition) is 6. The number of likely N-dealkylation sites (tertiary alicyclic amines) is 1. The van der Waals surface area contributed by atoms with Gasteiger partial charge in [0.15, 0.2) is 0 Å². The maximum absolute atomic E-state index is 12.6. The molecular formula is C16H28N4O5. The van der Waals surface area contributed by atoms with Gasteiger partial charge in [0.1, 0.15) is 24.4 Å². The van der Waals surface area contributed by atoms with E-state index in [0.29, 0.717) is 32.1 Å². The van der Waals surface area contributed by atoms with Crippen LogP contribution < -0.4 is 16.4 Å². The molecule has 1 aliphatic rings. The molecule has 0 aromatic heterocycles. The van der Waals surface area contributed by atoms with Crippen molar-refractivity contribution in [2.24, 2.45) is 11.7 Å². The van der Waals surface area contributed by atoms with Gasteiger partial charge in [0.2, 0.25) is 17.7 Å². The van der Waals surface area contributed by atoms with E-state index in [1.54, 1.807) is 6.92 Å². The standard InChI is InChI=1S/C16H28N4O5/c1-3-10(2)14(16(25)18-11(8-21)9-22)19-15(24)12-5-4-6-20(12)13(23)7-17/h8,10-12,14,22H,3-7,9,17H2,1-2H3,(H,18,25)(H,19,24)/t10-,11+,12-,14-/m0/s1. The molecule has 1 fully saturated rings. The lowest BCUT2D eigenvalue weighted by molar-refractivity contribution is -0.139. The summed E-state index contributed by atoms with van der Waals surface area (Å²) in [7, 11) is 0. The summed E-state index contributed by atoms with van der Waals surface area (Å²) in [4.78, 5) is 49.1. The Balaban J connectivity index is 2.83. The average molecular weight is 356 g/mol. The second-order valence-corrected chi connectivity index (χ2v) is 6.25. The first-order valence-electron chi connectivity index (χ1n) is 8.55. The summed E-state index contributed by atoms with van der Waals surface area (Å²) >= 11 is 0. The Morgan fingerprint density at radius 3 is 2.56 bits per heavy atom. The number of aliphatic hydroxyl groups is 1. The smallest absolute Gasteiger partial charge is 0.243 e. The van der Waals surface area contributed by atoms with Crippen LogP contribution in [0.3, 0.4) is 0 Å². The molecular weight excluding hydrogens is 328 g/mol. The topological polar surface area (TPSA) is 142 Å². The number of amides is 3. The van der Waals surface area contributed by atoms with E-state index in [1.165, 1.54) is 4.90 Å². The highest BCUT2D eigenvalue weighted by atomic mass is 16.3. The van der Waals surface area contributed by atoms with Gasteiger partial charge in [-0.1, -0.05) is 20.3 Å². The van der Waals surface area contributed by atoms with Crippen LogP contribution >= 0.6 is 0 Å². The molecule has 5 N–H and O–H groups in total. The van der Waals surface area contributed by atoms with Crippen molar-refractivity contribution in [1.82, 2.24) is 15.5 Å². The number of nitrogens with zero attached hydrogens (tertiary/aromatic N) is 1. The Morgan fingerprint density at radius 1 is 1.36 bits per heavy atom. The highest BCUT2D eigenvalue weighted by Crippen LogP contribution is 2.18. The van der Waals surface area contributed by atoms with Gasteiger partial charge in [-0.25, -0.2) is 0 Å². The average Bonchev–Trinajstić information content (AvgIpc) is 3.12. The van der Waals surface area contributed by atoms with Crippen LogP contribution in [0, 0.1) is 5.92 Å². The lowest BCUT2D eigenvalue weighted by atomic mass is 9.97. The van der Waals surface area contributed by atoms with Crippen molar-refractivity contribution in [1.29, 1.82) is 0 Å². The Kier molecular flexibility index (Phi) is 8.50. The molecule has 4 atom stereocenters. The van der Waals surface area contributed by atoms with Crippen molar-refractivity contribution < 1.29 is 24.3 Å². The van der Waals surface area contributed by atoms with Crippen LogP contribution in [0.1, 0.15) is 33.1 Å². The van der Waals surface area contributed by atoms with Crippen molar-refractivity contribution in [2.45, 2.75) is 51.2 Å². The molecule has 25 heavy (non-hydrogen) atoms. The van der Waals surface area contributed by atoms with Crippen LogP contribution in [-0.2, 0) is 19.2 Å². The lowest BCUT2D eigenvalue weighted by Crippen LogP contribution is -2.57. The minimum atomic E-state index is -1.02. The Morgan fingerprint density at radius 2 is 2.04 bits per heavy atom. The third-order valence-corrected chi connectivity index (χ3v) is 4.53. The van der Waals surface area contributed by atoms with Crippen molar-refractivity contribution in [3.8, 4) is 0 Å². The SMILES string of the molecule is CC[C@H](C)[C@H](NC(=O)[C@@H]1CCCN1C(=O)CN)C(=O)N[C@H](C=O)CO. The summed E-state index contributed by atoms with van der Waals surface area (Å²) in [5, 5.41) is 14.1. The number of aliphatic hydroxyl groups excluding tert-OH is 1.